The molecule has 0 amide bonds. The quantitative estimate of drug-likeness (QED) is 0.673. The van der Waals surface area contributed by atoms with Gasteiger partial charge < -0.3 is 0 Å². The fraction of sp³-hybridized carbons (Fsp3) is 0. The summed E-state index contributed by atoms with van der Waals surface area (Å²) in [5.41, 5.74) is -1.40. The van der Waals surface area contributed by atoms with E-state index in [0.717, 1.165) is 12.1 Å². The molecule has 0 aliphatic carbocycles. The second kappa shape index (κ2) is 3.98. The van der Waals surface area contributed by atoms with E-state index >= 15 is 0 Å². The molecule has 94 valence electrons. The average molecular weight is 259 g/mol. The van der Waals surface area contributed by atoms with Crippen molar-refractivity contribution in [2.75, 3.05) is 0 Å². The van der Waals surface area contributed by atoms with Gasteiger partial charge in [0.25, 0.3) is 11.1 Å². The Labute approximate surface area is 105 Å². The van der Waals surface area contributed by atoms with Crippen molar-refractivity contribution in [1.29, 1.82) is 0 Å². The first kappa shape index (κ1) is 11.5. The van der Waals surface area contributed by atoms with E-state index in [1.165, 1.54) is 24.3 Å². The Morgan fingerprint density at radius 2 is 1.11 bits per heavy atom. The molecule has 0 saturated heterocycles. The number of fused-ring (bicyclic) bond motifs is 3. The lowest BCUT2D eigenvalue weighted by molar-refractivity contribution is 0.629. The molecule has 0 fully saturated rings. The molecule has 5 heteroatoms. The summed E-state index contributed by atoms with van der Waals surface area (Å²) in [7, 11) is 0. The van der Waals surface area contributed by atoms with Gasteiger partial charge >= 0.3 is 0 Å². The van der Waals surface area contributed by atoms with Crippen LogP contribution < -0.4 is 11.1 Å². The van der Waals surface area contributed by atoms with Crippen LogP contribution >= 0.6 is 0 Å². The highest BCUT2D eigenvalue weighted by atomic mass is 19.1. The van der Waals surface area contributed by atoms with Crippen molar-refractivity contribution < 1.29 is 8.78 Å². The molecule has 2 aromatic carbocycles. The summed E-state index contributed by atoms with van der Waals surface area (Å²) in [4.78, 5) is 25.8. The van der Waals surface area contributed by atoms with Gasteiger partial charge in [0.15, 0.2) is 0 Å². The summed E-state index contributed by atoms with van der Waals surface area (Å²) in [5.74, 6) is -1.15. The lowest BCUT2D eigenvalue weighted by Crippen LogP contribution is -2.14. The molecule has 1 heterocycles. The molecule has 0 saturated carbocycles. The number of benzene rings is 2. The number of nitrogens with one attached hydrogen (secondary N) is 1. The van der Waals surface area contributed by atoms with E-state index in [1.54, 1.807) is 0 Å². The van der Waals surface area contributed by atoms with Gasteiger partial charge in [-0.2, -0.15) is 0 Å². The van der Waals surface area contributed by atoms with Crippen molar-refractivity contribution >= 4 is 21.5 Å². The summed E-state index contributed by atoms with van der Waals surface area (Å²) in [6.07, 6.45) is 0. The predicted octanol–water partition coefficient (Wildman–Crippen LogP) is 2.32. The third-order valence-corrected chi connectivity index (χ3v) is 2.97. The molecule has 0 atom stereocenters. The van der Waals surface area contributed by atoms with Crippen molar-refractivity contribution in [2.45, 2.75) is 0 Å². The Morgan fingerprint density at radius 1 is 0.684 bits per heavy atom. The Kier molecular flexibility index (Phi) is 2.41. The van der Waals surface area contributed by atoms with Gasteiger partial charge in [0.2, 0.25) is 0 Å². The molecule has 1 N–H and O–H groups in total. The Morgan fingerprint density at radius 3 is 1.53 bits per heavy atom. The minimum atomic E-state index is -0.698. The second-order valence-electron chi connectivity index (χ2n) is 4.16. The molecule has 1 aromatic heterocycles. The van der Waals surface area contributed by atoms with E-state index in [9.17, 15) is 18.4 Å². The molecule has 0 spiro atoms. The molecule has 0 radical (unpaired) electrons. The number of halogens is 2. The summed E-state index contributed by atoms with van der Waals surface area (Å²) in [5, 5.41) is 0.914. The van der Waals surface area contributed by atoms with Gasteiger partial charge in [-0.3, -0.25) is 14.6 Å². The van der Waals surface area contributed by atoms with Gasteiger partial charge in [0, 0.05) is 0 Å². The van der Waals surface area contributed by atoms with Crippen LogP contribution in [0.25, 0.3) is 21.5 Å². The minimum Gasteiger partial charge on any atom is -0.288 e. The molecular formula is C14H7F2NO2. The maximum Gasteiger partial charge on any atom is 0.258 e. The first-order valence-electron chi connectivity index (χ1n) is 5.51. The zero-order chi connectivity index (χ0) is 13.6. The third-order valence-electron chi connectivity index (χ3n) is 2.97. The fourth-order valence-corrected chi connectivity index (χ4v) is 2.12. The third kappa shape index (κ3) is 1.79. The number of aromatic amines is 1. The first-order valence-corrected chi connectivity index (χ1v) is 5.51. The molecule has 0 bridgehead atoms. The molecule has 3 nitrogen and oxygen atoms in total. The van der Waals surface area contributed by atoms with Crippen molar-refractivity contribution in [1.82, 2.24) is 4.98 Å². The van der Waals surface area contributed by atoms with Gasteiger partial charge in [0.05, 0.1) is 10.8 Å². The Bertz CT molecular complexity index is 856. The van der Waals surface area contributed by atoms with Crippen LogP contribution in [0.4, 0.5) is 8.78 Å². The summed E-state index contributed by atoms with van der Waals surface area (Å²) < 4.78 is 26.4. The highest BCUT2D eigenvalue weighted by molar-refractivity contribution is 6.05. The van der Waals surface area contributed by atoms with Crippen LogP contribution in [0.3, 0.4) is 0 Å². The van der Waals surface area contributed by atoms with E-state index in [1.807, 2.05) is 0 Å². The van der Waals surface area contributed by atoms with E-state index < -0.39 is 22.8 Å². The molecular weight excluding hydrogens is 252 g/mol. The SMILES string of the molecule is O=c1[nH]c(=O)c2cc(F)ccc2c2ccc(F)cc12. The maximum absolute atomic E-state index is 13.2. The smallest absolute Gasteiger partial charge is 0.258 e. The van der Waals surface area contributed by atoms with Crippen molar-refractivity contribution in [3.63, 3.8) is 0 Å². The summed E-state index contributed by atoms with van der Waals surface area (Å²) >= 11 is 0. The van der Waals surface area contributed by atoms with Crippen LogP contribution in [0.5, 0.6) is 0 Å². The summed E-state index contributed by atoms with van der Waals surface area (Å²) in [6.45, 7) is 0. The van der Waals surface area contributed by atoms with Crippen molar-refractivity contribution in [2.24, 2.45) is 0 Å². The Hall–Kier alpha value is -2.56. The van der Waals surface area contributed by atoms with E-state index in [-0.39, 0.29) is 10.8 Å². The number of hydrogen-bond acceptors (Lipinski definition) is 2. The standard InChI is InChI=1S/C14H7F2NO2/c15-7-1-3-9-10-4-2-8(16)6-12(10)14(19)17-13(18)11(9)5-7/h1-6H,(H,17,18,19). The van der Waals surface area contributed by atoms with Crippen LogP contribution in [0.2, 0.25) is 0 Å². The molecule has 0 unspecified atom stereocenters. The van der Waals surface area contributed by atoms with Gasteiger partial charge in [-0.25, -0.2) is 8.78 Å². The van der Waals surface area contributed by atoms with Crippen LogP contribution in [0.1, 0.15) is 0 Å². The van der Waals surface area contributed by atoms with E-state index in [2.05, 4.69) is 4.98 Å². The normalized spacial score (nSPS) is 11.1. The van der Waals surface area contributed by atoms with Gasteiger partial charge in [0.1, 0.15) is 11.6 Å². The van der Waals surface area contributed by atoms with Gasteiger partial charge in [-0.15, -0.1) is 0 Å². The number of aromatic nitrogens is 1. The van der Waals surface area contributed by atoms with E-state index in [0.29, 0.717) is 10.8 Å². The lowest BCUT2D eigenvalue weighted by Gasteiger charge is -1.97. The topological polar surface area (TPSA) is 49.9 Å². The zero-order valence-corrected chi connectivity index (χ0v) is 9.54. The molecule has 3 rings (SSSR count). The first-order chi connectivity index (χ1) is 9.06. The highest BCUT2D eigenvalue weighted by Gasteiger charge is 2.07. The predicted molar refractivity (Wildman–Crippen MR) is 68.3 cm³/mol. The molecule has 19 heavy (non-hydrogen) atoms. The van der Waals surface area contributed by atoms with E-state index in [4.69, 9.17) is 0 Å². The molecule has 3 aromatic rings. The Balaban J connectivity index is 2.75. The number of H-pyrrole nitrogens is 1. The minimum absolute atomic E-state index is 0.0544. The van der Waals surface area contributed by atoms with Crippen LogP contribution in [-0.2, 0) is 0 Å². The average Bonchev–Trinajstić information content (AvgIpc) is 2.47. The van der Waals surface area contributed by atoms with Crippen LogP contribution in [0, 0.1) is 11.6 Å². The van der Waals surface area contributed by atoms with Gasteiger partial charge in [-0.1, -0.05) is 12.1 Å². The summed E-state index contributed by atoms with van der Waals surface area (Å²) in [6, 6.07) is 7.29. The second-order valence-corrected chi connectivity index (χ2v) is 4.16. The monoisotopic (exact) mass is 259 g/mol. The number of rotatable bonds is 0. The molecule has 0 aliphatic heterocycles. The fourth-order valence-electron chi connectivity index (χ4n) is 2.12. The maximum atomic E-state index is 13.2. The largest absolute Gasteiger partial charge is 0.288 e. The van der Waals surface area contributed by atoms with Crippen molar-refractivity contribution in [3.05, 3.63) is 68.7 Å². The van der Waals surface area contributed by atoms with Crippen molar-refractivity contribution in [3.8, 4) is 0 Å². The van der Waals surface area contributed by atoms with Gasteiger partial charge in [-0.05, 0) is 35.0 Å². The zero-order valence-electron chi connectivity index (χ0n) is 9.54. The lowest BCUT2D eigenvalue weighted by atomic mass is 10.1. The van der Waals surface area contributed by atoms with Crippen LogP contribution in [0.15, 0.2) is 46.0 Å². The molecule has 0 aliphatic rings. The highest BCUT2D eigenvalue weighted by Crippen LogP contribution is 2.20. The number of hydrogen-bond donors (Lipinski definition) is 1. The van der Waals surface area contributed by atoms with Crippen LogP contribution in [-0.4, -0.2) is 4.98 Å².